The van der Waals surface area contributed by atoms with Crippen molar-refractivity contribution in [3.63, 3.8) is 0 Å². The monoisotopic (exact) mass is 571 g/mol. The van der Waals surface area contributed by atoms with Crippen LogP contribution in [0.4, 0.5) is 0 Å². The van der Waals surface area contributed by atoms with Gasteiger partial charge >= 0.3 is 0 Å². The first-order chi connectivity index (χ1) is 16.0. The summed E-state index contributed by atoms with van der Waals surface area (Å²) in [7, 11) is 0. The van der Waals surface area contributed by atoms with E-state index in [1.807, 2.05) is 54.4 Å². The molecular formula is C29H38IN3O. The highest BCUT2D eigenvalue weighted by Gasteiger charge is 2.11. The normalized spacial score (nSPS) is 9.85. The van der Waals surface area contributed by atoms with Gasteiger partial charge in [-0.15, -0.1) is 6.58 Å². The Balaban J connectivity index is 0. The Labute approximate surface area is 219 Å². The second kappa shape index (κ2) is 20.7. The Bertz CT molecular complexity index is 1070. The Hall–Kier alpha value is -2.87. The molecule has 0 aliphatic heterocycles. The van der Waals surface area contributed by atoms with E-state index in [0.29, 0.717) is 12.8 Å². The van der Waals surface area contributed by atoms with E-state index in [4.69, 9.17) is 15.6 Å². The Kier molecular flexibility index (Phi) is 20.3. The lowest BCUT2D eigenvalue weighted by Gasteiger charge is -1.99. The molecule has 0 unspecified atom stereocenters. The van der Waals surface area contributed by atoms with E-state index < -0.39 is 0 Å². The van der Waals surface area contributed by atoms with Gasteiger partial charge in [0.2, 0.25) is 0 Å². The van der Waals surface area contributed by atoms with Gasteiger partial charge in [0.15, 0.2) is 0 Å². The van der Waals surface area contributed by atoms with Crippen LogP contribution in [0.3, 0.4) is 0 Å². The highest BCUT2D eigenvalue weighted by atomic mass is 127. The quantitative estimate of drug-likeness (QED) is 0.186. The summed E-state index contributed by atoms with van der Waals surface area (Å²) in [5, 5.41) is 26.3. The van der Waals surface area contributed by atoms with Crippen molar-refractivity contribution < 1.29 is 5.11 Å². The van der Waals surface area contributed by atoms with Crippen LogP contribution in [0.1, 0.15) is 51.3 Å². The van der Waals surface area contributed by atoms with Gasteiger partial charge in [-0.25, -0.2) is 0 Å². The van der Waals surface area contributed by atoms with Crippen molar-refractivity contribution in [3.05, 3.63) is 90.1 Å². The number of fused-ring (bicyclic) bond motifs is 2. The average molecular weight is 572 g/mol. The zero-order valence-electron chi connectivity index (χ0n) is 20.0. The molecule has 182 valence electrons. The summed E-state index contributed by atoms with van der Waals surface area (Å²) >= 11 is 2.15. The molecule has 5 heteroatoms. The number of aromatic amines is 1. The predicted octanol–water partition coefficient (Wildman–Crippen LogP) is 8.04. The van der Waals surface area contributed by atoms with Gasteiger partial charge in [0.05, 0.1) is 25.0 Å². The Morgan fingerprint density at radius 2 is 1.59 bits per heavy atom. The summed E-state index contributed by atoms with van der Waals surface area (Å²) in [5.41, 5.74) is 5.98. The zero-order valence-corrected chi connectivity index (χ0v) is 22.1. The van der Waals surface area contributed by atoms with E-state index in [1.54, 1.807) is 19.9 Å². The summed E-state index contributed by atoms with van der Waals surface area (Å²) in [6, 6.07) is 20.6. The third kappa shape index (κ3) is 12.4. The predicted molar refractivity (Wildman–Crippen MR) is 156 cm³/mol. The van der Waals surface area contributed by atoms with Crippen LogP contribution in [0.25, 0.3) is 16.5 Å². The molecule has 2 N–H and O–H groups in total. The molecular weight excluding hydrogens is 533 g/mol. The summed E-state index contributed by atoms with van der Waals surface area (Å²) in [4.78, 5) is 5.09. The van der Waals surface area contributed by atoms with Crippen LogP contribution >= 0.6 is 22.6 Å². The van der Waals surface area contributed by atoms with Crippen LogP contribution in [0, 0.1) is 22.7 Å². The van der Waals surface area contributed by atoms with Crippen molar-refractivity contribution in [2.24, 2.45) is 0 Å². The zero-order chi connectivity index (χ0) is 25.1. The fourth-order valence-corrected chi connectivity index (χ4v) is 2.97. The van der Waals surface area contributed by atoms with Gasteiger partial charge in [0.1, 0.15) is 0 Å². The molecule has 4 rings (SSSR count). The van der Waals surface area contributed by atoms with Gasteiger partial charge in [-0.2, -0.15) is 10.5 Å². The first-order valence-electron chi connectivity index (χ1n) is 10.7. The summed E-state index contributed by atoms with van der Waals surface area (Å²) in [6.45, 7) is 8.69. The molecule has 0 saturated carbocycles. The van der Waals surface area contributed by atoms with Crippen molar-refractivity contribution in [1.29, 1.82) is 10.5 Å². The Morgan fingerprint density at radius 1 is 1.06 bits per heavy atom. The maximum Gasteiger partial charge on any atom is 0.0670 e. The number of alkyl halides is 1. The smallest absolute Gasteiger partial charge is 0.0670 e. The van der Waals surface area contributed by atoms with Crippen molar-refractivity contribution in [2.75, 3.05) is 4.93 Å². The lowest BCUT2D eigenvalue weighted by atomic mass is 10.0. The minimum atomic E-state index is -0.167. The molecule has 0 amide bonds. The van der Waals surface area contributed by atoms with E-state index in [-0.39, 0.29) is 13.5 Å². The maximum atomic E-state index is 8.56. The first-order valence-corrected chi connectivity index (χ1v) is 12.8. The molecule has 1 aliphatic rings. The van der Waals surface area contributed by atoms with Crippen LogP contribution in [-0.4, -0.2) is 21.1 Å². The lowest BCUT2D eigenvalue weighted by Crippen LogP contribution is -1.85. The number of aromatic nitrogens is 1. The highest BCUT2D eigenvalue weighted by Crippen LogP contribution is 2.28. The number of aliphatic hydroxyl groups excluding tert-OH is 1. The number of aliphatic hydroxyl groups is 1. The number of nitrogens with one attached hydrogen (secondary N) is 1. The van der Waals surface area contributed by atoms with Crippen molar-refractivity contribution in [3.8, 4) is 12.1 Å². The SMILES string of the molecule is C.C=CC.CC(C)O.CI.N#CCC1=CCc2ccccc21.N#CCc1c[nH]c2ccccc12. The van der Waals surface area contributed by atoms with E-state index in [0.717, 1.165) is 22.9 Å². The minimum absolute atomic E-state index is 0. The van der Waals surface area contributed by atoms with Crippen molar-refractivity contribution in [2.45, 2.75) is 53.6 Å². The minimum Gasteiger partial charge on any atom is -0.394 e. The third-order valence-electron chi connectivity index (χ3n) is 4.15. The number of nitrogens with zero attached hydrogens (tertiary/aromatic N) is 2. The number of benzene rings is 2. The number of nitriles is 2. The molecule has 0 spiro atoms. The lowest BCUT2D eigenvalue weighted by molar-refractivity contribution is 0.216. The molecule has 1 aromatic heterocycles. The summed E-state index contributed by atoms with van der Waals surface area (Å²) in [6.07, 6.45) is 7.63. The molecule has 1 heterocycles. The number of H-pyrrole nitrogens is 1. The summed E-state index contributed by atoms with van der Waals surface area (Å²) in [5.74, 6) is 0. The number of para-hydroxylation sites is 1. The van der Waals surface area contributed by atoms with Gasteiger partial charge in [-0.05, 0) is 60.5 Å². The van der Waals surface area contributed by atoms with Gasteiger partial charge < -0.3 is 10.1 Å². The van der Waals surface area contributed by atoms with Gasteiger partial charge in [0.25, 0.3) is 0 Å². The van der Waals surface area contributed by atoms with E-state index >= 15 is 0 Å². The summed E-state index contributed by atoms with van der Waals surface area (Å²) < 4.78 is 0. The van der Waals surface area contributed by atoms with Crippen molar-refractivity contribution >= 4 is 39.1 Å². The molecule has 3 aromatic rings. The van der Waals surface area contributed by atoms with E-state index in [2.05, 4.69) is 64.5 Å². The topological polar surface area (TPSA) is 83.6 Å². The maximum absolute atomic E-state index is 8.56. The van der Waals surface area contributed by atoms with Crippen LogP contribution in [0.5, 0.6) is 0 Å². The first kappa shape index (κ1) is 33.3. The molecule has 0 saturated heterocycles. The van der Waals surface area contributed by atoms with E-state index in [9.17, 15) is 0 Å². The number of rotatable bonds is 2. The van der Waals surface area contributed by atoms with Gasteiger partial charge in [-0.3, -0.25) is 0 Å². The average Bonchev–Trinajstić information content (AvgIpc) is 3.41. The number of hydrogen-bond acceptors (Lipinski definition) is 3. The number of allylic oxidation sites excluding steroid dienone is 3. The van der Waals surface area contributed by atoms with Crippen LogP contribution in [0.2, 0.25) is 0 Å². The highest BCUT2D eigenvalue weighted by molar-refractivity contribution is 14.1. The fourth-order valence-electron chi connectivity index (χ4n) is 2.97. The van der Waals surface area contributed by atoms with E-state index in [1.165, 1.54) is 16.7 Å². The van der Waals surface area contributed by atoms with Crippen molar-refractivity contribution in [1.82, 2.24) is 4.98 Å². The largest absolute Gasteiger partial charge is 0.394 e. The molecule has 0 fully saturated rings. The standard InChI is InChI=1S/C11H9N.C10H8N2.C3H8O.C3H6.CH3I.CH4/c12-8-7-10-6-5-9-3-1-2-4-11(9)10;11-6-5-8-7-12-10-4-2-1-3-9(8)10;1-3(2)4;1-3-2;1-2;/h1-4,6H,5,7H2;1-4,7,12H,5H2;3-4H,1-2H3;3H,1H2,2H3;1H3;1H4. The number of hydrogen-bond donors (Lipinski definition) is 2. The number of halogens is 1. The van der Waals surface area contributed by atoms with Crippen LogP contribution < -0.4 is 0 Å². The molecule has 4 nitrogen and oxygen atoms in total. The fraction of sp³-hybridized carbons (Fsp3) is 0.310. The molecule has 1 aliphatic carbocycles. The second-order valence-corrected chi connectivity index (χ2v) is 7.12. The second-order valence-electron chi connectivity index (χ2n) is 7.12. The molecule has 0 atom stereocenters. The van der Waals surface area contributed by atoms with Crippen LogP contribution in [0.15, 0.2) is 73.5 Å². The molecule has 2 aromatic carbocycles. The molecule has 34 heavy (non-hydrogen) atoms. The molecule has 0 radical (unpaired) electrons. The third-order valence-corrected chi connectivity index (χ3v) is 4.15. The Morgan fingerprint density at radius 3 is 2.18 bits per heavy atom. The van der Waals surface area contributed by atoms with Gasteiger partial charge in [-0.1, -0.05) is 84.6 Å². The molecule has 0 bridgehead atoms. The van der Waals surface area contributed by atoms with Crippen LogP contribution in [-0.2, 0) is 12.8 Å². The van der Waals surface area contributed by atoms with Gasteiger partial charge in [0, 0.05) is 23.2 Å².